The van der Waals surface area contributed by atoms with Crippen LogP contribution in [-0.4, -0.2) is 11.0 Å². The summed E-state index contributed by atoms with van der Waals surface area (Å²) >= 11 is 0. The lowest BCUT2D eigenvalue weighted by Crippen LogP contribution is -2.06. The second-order valence-electron chi connectivity index (χ2n) is 4.92. The van der Waals surface area contributed by atoms with Gasteiger partial charge in [-0.2, -0.15) is 0 Å². The van der Waals surface area contributed by atoms with E-state index in [-0.39, 0.29) is 0 Å². The summed E-state index contributed by atoms with van der Waals surface area (Å²) in [4.78, 5) is 4.64. The zero-order chi connectivity index (χ0) is 11.7. The van der Waals surface area contributed by atoms with Gasteiger partial charge in [0, 0.05) is 11.4 Å². The molecule has 3 rings (SSSR count). The highest BCUT2D eigenvalue weighted by atomic mass is 15.0. The maximum absolute atomic E-state index is 4.64. The van der Waals surface area contributed by atoms with Gasteiger partial charge in [-0.15, -0.1) is 0 Å². The molecule has 88 valence electrons. The van der Waals surface area contributed by atoms with Crippen molar-refractivity contribution in [1.29, 1.82) is 0 Å². The van der Waals surface area contributed by atoms with Crippen molar-refractivity contribution in [1.82, 2.24) is 4.98 Å². The van der Waals surface area contributed by atoms with E-state index in [0.29, 0.717) is 6.04 Å². The number of pyridine rings is 1. The molecular weight excluding hydrogens is 208 g/mol. The SMILES string of the molecule is CCCC1CC1Nc1ccc2ccccc2n1. The third-order valence-electron chi connectivity index (χ3n) is 3.51. The summed E-state index contributed by atoms with van der Waals surface area (Å²) in [5.74, 6) is 1.89. The molecule has 2 atom stereocenters. The van der Waals surface area contributed by atoms with E-state index < -0.39 is 0 Å². The van der Waals surface area contributed by atoms with Crippen molar-refractivity contribution >= 4 is 16.7 Å². The molecule has 0 spiro atoms. The van der Waals surface area contributed by atoms with Crippen LogP contribution >= 0.6 is 0 Å². The van der Waals surface area contributed by atoms with Gasteiger partial charge in [0.25, 0.3) is 0 Å². The number of benzene rings is 1. The van der Waals surface area contributed by atoms with Crippen LogP contribution in [0.1, 0.15) is 26.2 Å². The average Bonchev–Trinajstić information content (AvgIpc) is 3.08. The Hall–Kier alpha value is -1.57. The van der Waals surface area contributed by atoms with Gasteiger partial charge in [0.05, 0.1) is 5.52 Å². The van der Waals surface area contributed by atoms with Crippen molar-refractivity contribution in [3.8, 4) is 0 Å². The molecule has 1 aromatic carbocycles. The van der Waals surface area contributed by atoms with E-state index in [1.165, 1.54) is 24.6 Å². The molecule has 2 unspecified atom stereocenters. The maximum atomic E-state index is 4.64. The number of hydrogen-bond acceptors (Lipinski definition) is 2. The molecule has 0 bridgehead atoms. The van der Waals surface area contributed by atoms with Crippen molar-refractivity contribution in [3.63, 3.8) is 0 Å². The molecule has 0 radical (unpaired) electrons. The molecule has 2 aromatic rings. The largest absolute Gasteiger partial charge is 0.367 e. The monoisotopic (exact) mass is 226 g/mol. The standard InChI is InChI=1S/C15H18N2/c1-2-5-12-10-14(12)17-15-9-8-11-6-3-4-7-13(11)16-15/h3-4,6-9,12,14H,2,5,10H2,1H3,(H,16,17). The van der Waals surface area contributed by atoms with Gasteiger partial charge in [0.2, 0.25) is 0 Å². The van der Waals surface area contributed by atoms with Crippen molar-refractivity contribution in [2.45, 2.75) is 32.2 Å². The lowest BCUT2D eigenvalue weighted by Gasteiger charge is -2.06. The first-order valence-corrected chi connectivity index (χ1v) is 6.49. The zero-order valence-electron chi connectivity index (χ0n) is 10.2. The molecule has 0 aliphatic heterocycles. The fourth-order valence-electron chi connectivity index (χ4n) is 2.45. The van der Waals surface area contributed by atoms with Crippen LogP contribution in [0, 0.1) is 5.92 Å². The summed E-state index contributed by atoms with van der Waals surface area (Å²) in [6.45, 7) is 2.25. The smallest absolute Gasteiger partial charge is 0.126 e. The third kappa shape index (κ3) is 2.26. The van der Waals surface area contributed by atoms with Crippen molar-refractivity contribution in [3.05, 3.63) is 36.4 Å². The van der Waals surface area contributed by atoms with Gasteiger partial charge in [-0.3, -0.25) is 0 Å². The van der Waals surface area contributed by atoms with Crippen LogP contribution < -0.4 is 5.32 Å². The molecular formula is C15H18N2. The number of nitrogens with zero attached hydrogens (tertiary/aromatic N) is 1. The van der Waals surface area contributed by atoms with Gasteiger partial charge in [-0.25, -0.2) is 4.98 Å². The second kappa shape index (κ2) is 4.36. The highest BCUT2D eigenvalue weighted by Gasteiger charge is 2.35. The minimum absolute atomic E-state index is 0.656. The molecule has 2 heteroatoms. The van der Waals surface area contributed by atoms with Crippen molar-refractivity contribution in [2.75, 3.05) is 5.32 Å². The molecule has 1 N–H and O–H groups in total. The molecule has 0 amide bonds. The summed E-state index contributed by atoms with van der Waals surface area (Å²) < 4.78 is 0. The molecule has 17 heavy (non-hydrogen) atoms. The fourth-order valence-corrected chi connectivity index (χ4v) is 2.45. The molecule has 1 aliphatic carbocycles. The van der Waals surface area contributed by atoms with Crippen molar-refractivity contribution in [2.24, 2.45) is 5.92 Å². The highest BCUT2D eigenvalue weighted by Crippen LogP contribution is 2.37. The number of para-hydroxylation sites is 1. The van der Waals surface area contributed by atoms with E-state index in [0.717, 1.165) is 17.3 Å². The van der Waals surface area contributed by atoms with Crippen molar-refractivity contribution < 1.29 is 0 Å². The van der Waals surface area contributed by atoms with Gasteiger partial charge in [-0.05, 0) is 37.0 Å². The molecule has 1 saturated carbocycles. The predicted molar refractivity (Wildman–Crippen MR) is 72.2 cm³/mol. The highest BCUT2D eigenvalue weighted by molar-refractivity contribution is 5.80. The Morgan fingerprint density at radius 3 is 3.00 bits per heavy atom. The minimum atomic E-state index is 0.656. The molecule has 0 saturated heterocycles. The van der Waals surface area contributed by atoms with Crippen LogP contribution in [0.3, 0.4) is 0 Å². The summed E-state index contributed by atoms with van der Waals surface area (Å²) in [5, 5.41) is 4.74. The Morgan fingerprint density at radius 1 is 1.24 bits per heavy atom. The fraction of sp³-hybridized carbons (Fsp3) is 0.400. The zero-order valence-corrected chi connectivity index (χ0v) is 10.2. The van der Waals surface area contributed by atoms with E-state index >= 15 is 0 Å². The summed E-state index contributed by atoms with van der Waals surface area (Å²) in [6, 6.07) is 13.1. The topological polar surface area (TPSA) is 24.9 Å². The number of anilines is 1. The van der Waals surface area contributed by atoms with Crippen LogP contribution in [0.4, 0.5) is 5.82 Å². The Labute approximate surface area is 102 Å². The Balaban J connectivity index is 1.74. The maximum Gasteiger partial charge on any atom is 0.126 e. The number of aromatic nitrogens is 1. The van der Waals surface area contributed by atoms with Gasteiger partial charge in [0.15, 0.2) is 0 Å². The Kier molecular flexibility index (Phi) is 2.71. The van der Waals surface area contributed by atoms with Gasteiger partial charge < -0.3 is 5.32 Å². The second-order valence-corrected chi connectivity index (χ2v) is 4.92. The molecule has 1 aromatic heterocycles. The van der Waals surface area contributed by atoms with E-state index in [4.69, 9.17) is 0 Å². The van der Waals surface area contributed by atoms with Crippen LogP contribution in [0.5, 0.6) is 0 Å². The molecule has 2 nitrogen and oxygen atoms in total. The first kappa shape index (κ1) is 10.6. The summed E-state index contributed by atoms with van der Waals surface area (Å²) in [5.41, 5.74) is 1.07. The Bertz CT molecular complexity index is 521. The molecule has 1 heterocycles. The Morgan fingerprint density at radius 2 is 2.12 bits per heavy atom. The average molecular weight is 226 g/mol. The van der Waals surface area contributed by atoms with Crippen LogP contribution in [-0.2, 0) is 0 Å². The molecule has 1 fully saturated rings. The lowest BCUT2D eigenvalue weighted by atomic mass is 10.2. The van der Waals surface area contributed by atoms with Crippen LogP contribution in [0.2, 0.25) is 0 Å². The first-order valence-electron chi connectivity index (χ1n) is 6.49. The lowest BCUT2D eigenvalue weighted by molar-refractivity contribution is 0.692. The number of nitrogens with one attached hydrogen (secondary N) is 1. The van der Waals surface area contributed by atoms with E-state index in [1.54, 1.807) is 0 Å². The van der Waals surface area contributed by atoms with Crippen LogP contribution in [0.25, 0.3) is 10.9 Å². The number of rotatable bonds is 4. The van der Waals surface area contributed by atoms with Crippen LogP contribution in [0.15, 0.2) is 36.4 Å². The molecule has 1 aliphatic rings. The van der Waals surface area contributed by atoms with E-state index in [1.807, 2.05) is 6.07 Å². The summed E-state index contributed by atoms with van der Waals surface area (Å²) in [7, 11) is 0. The quantitative estimate of drug-likeness (QED) is 0.856. The van der Waals surface area contributed by atoms with Gasteiger partial charge >= 0.3 is 0 Å². The van der Waals surface area contributed by atoms with E-state index in [9.17, 15) is 0 Å². The van der Waals surface area contributed by atoms with E-state index in [2.05, 4.69) is 47.6 Å². The first-order chi connectivity index (χ1) is 8.36. The predicted octanol–water partition coefficient (Wildman–Crippen LogP) is 3.84. The summed E-state index contributed by atoms with van der Waals surface area (Å²) in [6.07, 6.45) is 3.93. The number of fused-ring (bicyclic) bond motifs is 1. The normalized spacial score (nSPS) is 22.6. The third-order valence-corrected chi connectivity index (χ3v) is 3.51. The minimum Gasteiger partial charge on any atom is -0.367 e. The van der Waals surface area contributed by atoms with Gasteiger partial charge in [-0.1, -0.05) is 31.5 Å². The number of hydrogen-bond donors (Lipinski definition) is 1. The van der Waals surface area contributed by atoms with Gasteiger partial charge in [0.1, 0.15) is 5.82 Å².